The van der Waals surface area contributed by atoms with Gasteiger partial charge >= 0.3 is 5.97 Å². The van der Waals surface area contributed by atoms with E-state index < -0.39 is 5.97 Å². The average Bonchev–Trinajstić information content (AvgIpc) is 2.77. The summed E-state index contributed by atoms with van der Waals surface area (Å²) >= 11 is 0. The summed E-state index contributed by atoms with van der Waals surface area (Å²) in [4.78, 5) is 19.1. The van der Waals surface area contributed by atoms with Crippen LogP contribution in [0.25, 0.3) is 5.82 Å². The van der Waals surface area contributed by atoms with Gasteiger partial charge in [-0.3, -0.25) is 0 Å². The molecule has 0 fully saturated rings. The molecule has 2 heterocycles. The molecule has 0 saturated carbocycles. The first-order valence-electron chi connectivity index (χ1n) is 4.63. The fourth-order valence-corrected chi connectivity index (χ4v) is 1.20. The van der Waals surface area contributed by atoms with Crippen LogP contribution >= 0.6 is 0 Å². The zero-order valence-corrected chi connectivity index (χ0v) is 8.91. The van der Waals surface area contributed by atoms with Gasteiger partial charge in [-0.05, 0) is 24.6 Å². The van der Waals surface area contributed by atoms with Gasteiger partial charge in [-0.1, -0.05) is 0 Å². The standard InChI is InChI=1S/C10H10N4O2/c1-7-3-4-11-8(5-7)14-6-12-9(13-14)10(15)16-2/h3-6H,1-2H3. The summed E-state index contributed by atoms with van der Waals surface area (Å²) in [5.74, 6) is 0.0693. The van der Waals surface area contributed by atoms with Gasteiger partial charge in [0.2, 0.25) is 0 Å². The summed E-state index contributed by atoms with van der Waals surface area (Å²) < 4.78 is 5.94. The Kier molecular flexibility index (Phi) is 2.63. The maximum absolute atomic E-state index is 11.1. The molecule has 2 aromatic rings. The van der Waals surface area contributed by atoms with Crippen molar-refractivity contribution in [2.24, 2.45) is 0 Å². The zero-order valence-electron chi connectivity index (χ0n) is 8.91. The minimum atomic E-state index is -0.564. The van der Waals surface area contributed by atoms with Crippen LogP contribution in [0.3, 0.4) is 0 Å². The molecule has 0 aliphatic carbocycles. The highest BCUT2D eigenvalue weighted by atomic mass is 16.5. The molecule has 0 bridgehead atoms. The van der Waals surface area contributed by atoms with Crippen LogP contribution in [0.1, 0.15) is 16.2 Å². The Bertz CT molecular complexity index is 521. The number of carbonyl (C=O) groups is 1. The summed E-state index contributed by atoms with van der Waals surface area (Å²) in [5.41, 5.74) is 1.06. The molecule has 0 N–H and O–H groups in total. The van der Waals surface area contributed by atoms with Crippen molar-refractivity contribution < 1.29 is 9.53 Å². The summed E-state index contributed by atoms with van der Waals surface area (Å²) in [6.45, 7) is 1.95. The number of nitrogens with zero attached hydrogens (tertiary/aromatic N) is 4. The van der Waals surface area contributed by atoms with Crippen LogP contribution in [-0.4, -0.2) is 32.8 Å². The van der Waals surface area contributed by atoms with Gasteiger partial charge in [0.1, 0.15) is 6.33 Å². The van der Waals surface area contributed by atoms with Gasteiger partial charge in [-0.2, -0.15) is 0 Å². The number of ether oxygens (including phenoxy) is 1. The van der Waals surface area contributed by atoms with E-state index >= 15 is 0 Å². The summed E-state index contributed by atoms with van der Waals surface area (Å²) in [7, 11) is 1.29. The largest absolute Gasteiger partial charge is 0.463 e. The first kappa shape index (κ1) is 10.3. The van der Waals surface area contributed by atoms with E-state index in [-0.39, 0.29) is 5.82 Å². The van der Waals surface area contributed by atoms with Crippen molar-refractivity contribution in [2.45, 2.75) is 6.92 Å². The lowest BCUT2D eigenvalue weighted by Gasteiger charge is -1.99. The molecule has 0 atom stereocenters. The molecule has 0 aromatic carbocycles. The number of rotatable bonds is 2. The molecule has 0 saturated heterocycles. The van der Waals surface area contributed by atoms with Crippen LogP contribution in [-0.2, 0) is 4.74 Å². The average molecular weight is 218 g/mol. The van der Waals surface area contributed by atoms with Crippen molar-refractivity contribution in [2.75, 3.05) is 7.11 Å². The molecule has 0 spiro atoms. The number of pyridine rings is 1. The fourth-order valence-electron chi connectivity index (χ4n) is 1.20. The highest BCUT2D eigenvalue weighted by Crippen LogP contribution is 2.05. The predicted octanol–water partition coefficient (Wildman–Crippen LogP) is 0.757. The Morgan fingerprint density at radius 3 is 2.94 bits per heavy atom. The predicted molar refractivity (Wildman–Crippen MR) is 55.2 cm³/mol. The van der Waals surface area contributed by atoms with Crippen molar-refractivity contribution in [3.05, 3.63) is 36.0 Å². The smallest absolute Gasteiger partial charge is 0.377 e. The first-order valence-corrected chi connectivity index (χ1v) is 4.63. The normalized spacial score (nSPS) is 10.1. The van der Waals surface area contributed by atoms with E-state index in [4.69, 9.17) is 0 Å². The monoisotopic (exact) mass is 218 g/mol. The van der Waals surface area contributed by atoms with Gasteiger partial charge in [-0.25, -0.2) is 19.4 Å². The summed E-state index contributed by atoms with van der Waals surface area (Å²) in [6.07, 6.45) is 3.10. The van der Waals surface area contributed by atoms with Crippen LogP contribution in [0.2, 0.25) is 0 Å². The van der Waals surface area contributed by atoms with Crippen LogP contribution in [0.15, 0.2) is 24.7 Å². The van der Waals surface area contributed by atoms with E-state index in [9.17, 15) is 4.79 Å². The second-order valence-corrected chi connectivity index (χ2v) is 3.20. The highest BCUT2D eigenvalue weighted by Gasteiger charge is 2.12. The van der Waals surface area contributed by atoms with E-state index in [1.165, 1.54) is 18.1 Å². The van der Waals surface area contributed by atoms with Gasteiger partial charge in [0.15, 0.2) is 5.82 Å². The number of hydrogen-bond acceptors (Lipinski definition) is 5. The van der Waals surface area contributed by atoms with Gasteiger partial charge in [-0.15, -0.1) is 5.10 Å². The van der Waals surface area contributed by atoms with Gasteiger partial charge < -0.3 is 4.74 Å². The van der Waals surface area contributed by atoms with Gasteiger partial charge in [0.05, 0.1) is 7.11 Å². The van der Waals surface area contributed by atoms with Crippen molar-refractivity contribution in [3.63, 3.8) is 0 Å². The molecular weight excluding hydrogens is 208 g/mol. The number of esters is 1. The minimum absolute atomic E-state index is 0.0193. The number of aromatic nitrogens is 4. The topological polar surface area (TPSA) is 69.9 Å². The van der Waals surface area contributed by atoms with Gasteiger partial charge in [0, 0.05) is 6.20 Å². The lowest BCUT2D eigenvalue weighted by Crippen LogP contribution is -2.05. The van der Waals surface area contributed by atoms with Crippen LogP contribution in [0, 0.1) is 6.92 Å². The van der Waals surface area contributed by atoms with E-state index in [0.29, 0.717) is 5.82 Å². The fraction of sp³-hybridized carbons (Fsp3) is 0.200. The van der Waals surface area contributed by atoms with Crippen molar-refractivity contribution in [3.8, 4) is 5.82 Å². The Labute approximate surface area is 91.9 Å². The van der Waals surface area contributed by atoms with Gasteiger partial charge in [0.25, 0.3) is 5.82 Å². The van der Waals surface area contributed by atoms with E-state index in [1.54, 1.807) is 6.20 Å². The molecule has 82 valence electrons. The van der Waals surface area contributed by atoms with Crippen LogP contribution in [0.4, 0.5) is 0 Å². The lowest BCUT2D eigenvalue weighted by atomic mass is 10.3. The van der Waals surface area contributed by atoms with Crippen molar-refractivity contribution in [1.29, 1.82) is 0 Å². The molecule has 0 aliphatic heterocycles. The zero-order chi connectivity index (χ0) is 11.5. The minimum Gasteiger partial charge on any atom is -0.463 e. The molecule has 0 amide bonds. The summed E-state index contributed by atoms with van der Waals surface area (Å²) in [5, 5.41) is 3.96. The van der Waals surface area contributed by atoms with E-state index in [1.807, 2.05) is 19.1 Å². The van der Waals surface area contributed by atoms with Crippen LogP contribution < -0.4 is 0 Å². The Morgan fingerprint density at radius 1 is 1.44 bits per heavy atom. The van der Waals surface area contributed by atoms with E-state index in [2.05, 4.69) is 19.8 Å². The van der Waals surface area contributed by atoms with Crippen molar-refractivity contribution in [1.82, 2.24) is 19.7 Å². The van der Waals surface area contributed by atoms with Crippen LogP contribution in [0.5, 0.6) is 0 Å². The molecule has 16 heavy (non-hydrogen) atoms. The SMILES string of the molecule is COC(=O)c1ncn(-c2cc(C)ccn2)n1. The second-order valence-electron chi connectivity index (χ2n) is 3.20. The quantitative estimate of drug-likeness (QED) is 0.696. The maximum atomic E-state index is 11.1. The molecule has 2 rings (SSSR count). The lowest BCUT2D eigenvalue weighted by molar-refractivity contribution is 0.0587. The number of methoxy groups -OCH3 is 1. The molecular formula is C10H10N4O2. The molecule has 6 heteroatoms. The third-order valence-electron chi connectivity index (χ3n) is 2.00. The number of carbonyl (C=O) groups excluding carboxylic acids is 1. The maximum Gasteiger partial charge on any atom is 0.377 e. The molecule has 0 radical (unpaired) electrons. The molecule has 0 aliphatic rings. The molecule has 2 aromatic heterocycles. The number of aryl methyl sites for hydroxylation is 1. The Balaban J connectivity index is 2.35. The van der Waals surface area contributed by atoms with Crippen molar-refractivity contribution >= 4 is 5.97 Å². The first-order chi connectivity index (χ1) is 7.70. The summed E-state index contributed by atoms with van der Waals surface area (Å²) in [6, 6.07) is 3.72. The third kappa shape index (κ3) is 1.90. The Hall–Kier alpha value is -2.24. The van der Waals surface area contributed by atoms with E-state index in [0.717, 1.165) is 5.56 Å². The molecule has 0 unspecified atom stereocenters. The highest BCUT2D eigenvalue weighted by molar-refractivity contribution is 5.84. The Morgan fingerprint density at radius 2 is 2.25 bits per heavy atom. The second kappa shape index (κ2) is 4.09. The number of hydrogen-bond donors (Lipinski definition) is 0. The third-order valence-corrected chi connectivity index (χ3v) is 2.00. The molecule has 6 nitrogen and oxygen atoms in total.